The molecule has 1 N–H and O–H groups in total. The van der Waals surface area contributed by atoms with Crippen molar-refractivity contribution >= 4 is 0 Å². The maximum Gasteiger partial charge on any atom is 0.125 e. The zero-order valence-corrected chi connectivity index (χ0v) is 13.5. The van der Waals surface area contributed by atoms with Crippen LogP contribution in [0.3, 0.4) is 0 Å². The van der Waals surface area contributed by atoms with Crippen molar-refractivity contribution in [3.8, 4) is 11.3 Å². The molecule has 6 heteroatoms. The fraction of sp³-hybridized carbons (Fsp3) is 0.278. The van der Waals surface area contributed by atoms with Crippen LogP contribution in [0.25, 0.3) is 11.3 Å². The third kappa shape index (κ3) is 3.05. The van der Waals surface area contributed by atoms with Gasteiger partial charge in [0.25, 0.3) is 0 Å². The van der Waals surface area contributed by atoms with E-state index in [9.17, 15) is 4.39 Å². The van der Waals surface area contributed by atoms with Crippen LogP contribution >= 0.6 is 0 Å². The third-order valence-corrected chi connectivity index (χ3v) is 4.29. The van der Waals surface area contributed by atoms with Crippen LogP contribution in [0.1, 0.15) is 22.9 Å². The minimum Gasteiger partial charge on any atom is -0.341 e. The molecule has 3 aromatic rings. The molecule has 0 atom stereocenters. The predicted molar refractivity (Wildman–Crippen MR) is 88.6 cm³/mol. The van der Waals surface area contributed by atoms with Crippen LogP contribution in [0, 0.1) is 12.7 Å². The number of hydrogen-bond acceptors (Lipinski definition) is 4. The Kier molecular flexibility index (Phi) is 3.82. The number of nitrogens with zero attached hydrogens (tertiary/aromatic N) is 4. The molecule has 2 aromatic heterocycles. The Morgan fingerprint density at radius 1 is 1.17 bits per heavy atom. The van der Waals surface area contributed by atoms with Gasteiger partial charge in [0.1, 0.15) is 17.5 Å². The maximum atomic E-state index is 13.0. The second-order valence-corrected chi connectivity index (χ2v) is 6.10. The van der Waals surface area contributed by atoms with Crippen LogP contribution in [0.5, 0.6) is 0 Å². The number of benzene rings is 1. The van der Waals surface area contributed by atoms with E-state index in [0.717, 1.165) is 54.7 Å². The van der Waals surface area contributed by atoms with Gasteiger partial charge in [-0.05, 0) is 36.8 Å². The number of rotatable bonds is 3. The Balaban J connectivity index is 1.47. The molecule has 0 saturated carbocycles. The van der Waals surface area contributed by atoms with E-state index in [4.69, 9.17) is 0 Å². The lowest BCUT2D eigenvalue weighted by atomic mass is 10.1. The summed E-state index contributed by atoms with van der Waals surface area (Å²) in [5.74, 6) is 1.51. The smallest absolute Gasteiger partial charge is 0.125 e. The molecular weight excluding hydrogens is 305 g/mol. The molecule has 1 aromatic carbocycles. The van der Waals surface area contributed by atoms with Gasteiger partial charge in [-0.2, -0.15) is 0 Å². The molecule has 0 spiro atoms. The number of hydrogen-bond donors (Lipinski definition) is 1. The summed E-state index contributed by atoms with van der Waals surface area (Å²) in [7, 11) is 0. The van der Waals surface area contributed by atoms with E-state index in [2.05, 4.69) is 24.8 Å². The van der Waals surface area contributed by atoms with Crippen LogP contribution in [0.4, 0.5) is 4.39 Å². The van der Waals surface area contributed by atoms with Gasteiger partial charge in [-0.15, -0.1) is 0 Å². The van der Waals surface area contributed by atoms with Crippen molar-refractivity contribution in [2.45, 2.75) is 26.4 Å². The average Bonchev–Trinajstić information content (AvgIpc) is 3.04. The normalized spacial score (nSPS) is 14.6. The lowest BCUT2D eigenvalue weighted by molar-refractivity contribution is 0.237. The zero-order valence-electron chi connectivity index (χ0n) is 13.5. The van der Waals surface area contributed by atoms with Crippen molar-refractivity contribution in [1.29, 1.82) is 0 Å². The van der Waals surface area contributed by atoms with Crippen LogP contribution in [0.2, 0.25) is 0 Å². The maximum absolute atomic E-state index is 13.0. The molecule has 122 valence electrons. The van der Waals surface area contributed by atoms with Gasteiger partial charge in [-0.25, -0.2) is 19.3 Å². The molecule has 0 bridgehead atoms. The van der Waals surface area contributed by atoms with Gasteiger partial charge < -0.3 is 4.98 Å². The predicted octanol–water partition coefficient (Wildman–Crippen LogP) is 2.87. The lowest BCUT2D eigenvalue weighted by Gasteiger charge is -2.27. The largest absolute Gasteiger partial charge is 0.341 e. The van der Waals surface area contributed by atoms with Crippen molar-refractivity contribution in [1.82, 2.24) is 24.8 Å². The van der Waals surface area contributed by atoms with Crippen molar-refractivity contribution < 1.29 is 4.39 Å². The number of imidazole rings is 1. The standard InChI is InChI=1S/C18H18FN5/c1-12-20-8-14-10-24(7-6-16(14)22-12)11-18-21-9-17(23-18)13-2-4-15(19)5-3-13/h2-5,8-9H,6-7,10-11H2,1H3,(H,21,23). The monoisotopic (exact) mass is 323 g/mol. The number of halogens is 1. The fourth-order valence-electron chi connectivity index (χ4n) is 3.04. The lowest BCUT2D eigenvalue weighted by Crippen LogP contribution is -2.31. The molecule has 0 radical (unpaired) electrons. The molecular formula is C18H18FN5. The zero-order chi connectivity index (χ0) is 16.5. The molecule has 1 aliphatic heterocycles. The first-order valence-corrected chi connectivity index (χ1v) is 8.01. The Morgan fingerprint density at radius 2 is 2.00 bits per heavy atom. The summed E-state index contributed by atoms with van der Waals surface area (Å²) in [6.45, 7) is 4.46. The Hall–Kier alpha value is -2.60. The molecule has 0 amide bonds. The van der Waals surface area contributed by atoms with Gasteiger partial charge >= 0.3 is 0 Å². The van der Waals surface area contributed by atoms with E-state index in [1.165, 1.54) is 17.7 Å². The van der Waals surface area contributed by atoms with E-state index < -0.39 is 0 Å². The van der Waals surface area contributed by atoms with Crippen LogP contribution in [-0.4, -0.2) is 31.4 Å². The summed E-state index contributed by atoms with van der Waals surface area (Å²) in [6.07, 6.45) is 4.66. The Morgan fingerprint density at radius 3 is 2.83 bits per heavy atom. The minimum absolute atomic E-state index is 0.233. The van der Waals surface area contributed by atoms with Gasteiger partial charge in [-0.1, -0.05) is 0 Å². The minimum atomic E-state index is -0.233. The topological polar surface area (TPSA) is 57.7 Å². The molecule has 0 aliphatic carbocycles. The second kappa shape index (κ2) is 6.13. The van der Waals surface area contributed by atoms with Gasteiger partial charge in [0.15, 0.2) is 0 Å². The van der Waals surface area contributed by atoms with Crippen molar-refractivity contribution in [3.05, 3.63) is 65.4 Å². The van der Waals surface area contributed by atoms with E-state index in [1.807, 2.05) is 13.1 Å². The highest BCUT2D eigenvalue weighted by atomic mass is 19.1. The summed E-state index contributed by atoms with van der Waals surface area (Å²) < 4.78 is 13.0. The SMILES string of the molecule is Cc1ncc2c(n1)CCN(Cc1ncc(-c3ccc(F)cc3)[nH]1)C2. The number of aromatic nitrogens is 4. The molecule has 5 nitrogen and oxygen atoms in total. The summed E-state index contributed by atoms with van der Waals surface area (Å²) in [4.78, 5) is 18.9. The number of fused-ring (bicyclic) bond motifs is 1. The first-order valence-electron chi connectivity index (χ1n) is 8.01. The second-order valence-electron chi connectivity index (χ2n) is 6.10. The number of nitrogens with one attached hydrogen (secondary N) is 1. The van der Waals surface area contributed by atoms with Gasteiger partial charge in [0, 0.05) is 37.0 Å². The summed E-state index contributed by atoms with van der Waals surface area (Å²) in [5.41, 5.74) is 4.19. The number of aryl methyl sites for hydroxylation is 1. The fourth-order valence-corrected chi connectivity index (χ4v) is 3.04. The molecule has 4 rings (SSSR count). The van der Waals surface area contributed by atoms with E-state index in [0.29, 0.717) is 0 Å². The van der Waals surface area contributed by atoms with Crippen LogP contribution < -0.4 is 0 Å². The Bertz CT molecular complexity index is 856. The van der Waals surface area contributed by atoms with Crippen LogP contribution in [0.15, 0.2) is 36.7 Å². The van der Waals surface area contributed by atoms with Gasteiger partial charge in [0.05, 0.1) is 18.4 Å². The molecule has 0 unspecified atom stereocenters. The number of H-pyrrole nitrogens is 1. The first-order chi connectivity index (χ1) is 11.7. The third-order valence-electron chi connectivity index (χ3n) is 4.29. The van der Waals surface area contributed by atoms with E-state index in [-0.39, 0.29) is 5.82 Å². The van der Waals surface area contributed by atoms with Crippen molar-refractivity contribution in [2.75, 3.05) is 6.54 Å². The summed E-state index contributed by atoms with van der Waals surface area (Å²) in [6, 6.07) is 6.42. The molecule has 3 heterocycles. The quantitative estimate of drug-likeness (QED) is 0.805. The highest BCUT2D eigenvalue weighted by molar-refractivity contribution is 5.58. The van der Waals surface area contributed by atoms with Crippen molar-refractivity contribution in [3.63, 3.8) is 0 Å². The van der Waals surface area contributed by atoms with Gasteiger partial charge in [-0.3, -0.25) is 4.90 Å². The molecule has 1 aliphatic rings. The van der Waals surface area contributed by atoms with E-state index >= 15 is 0 Å². The highest BCUT2D eigenvalue weighted by Gasteiger charge is 2.19. The summed E-state index contributed by atoms with van der Waals surface area (Å²) in [5, 5.41) is 0. The Labute approximate surface area is 139 Å². The first kappa shape index (κ1) is 15.0. The average molecular weight is 323 g/mol. The van der Waals surface area contributed by atoms with Crippen LogP contribution in [-0.2, 0) is 19.5 Å². The molecule has 0 fully saturated rings. The molecule has 0 saturated heterocycles. The number of aromatic amines is 1. The van der Waals surface area contributed by atoms with E-state index in [1.54, 1.807) is 18.3 Å². The molecule has 24 heavy (non-hydrogen) atoms. The highest BCUT2D eigenvalue weighted by Crippen LogP contribution is 2.20. The van der Waals surface area contributed by atoms with Crippen molar-refractivity contribution in [2.24, 2.45) is 0 Å². The van der Waals surface area contributed by atoms with Gasteiger partial charge in [0.2, 0.25) is 0 Å². The summed E-state index contributed by atoms with van der Waals surface area (Å²) >= 11 is 0.